The molecule has 0 aliphatic carbocycles. The molecule has 0 aliphatic rings. The van der Waals surface area contributed by atoms with Crippen LogP contribution in [0.3, 0.4) is 0 Å². The van der Waals surface area contributed by atoms with Crippen LogP contribution in [0.1, 0.15) is 41.3 Å². The van der Waals surface area contributed by atoms with Crippen molar-refractivity contribution in [2.24, 2.45) is 0 Å². The molecule has 0 fully saturated rings. The summed E-state index contributed by atoms with van der Waals surface area (Å²) in [4.78, 5) is 13.9. The van der Waals surface area contributed by atoms with Crippen molar-refractivity contribution in [1.29, 1.82) is 0 Å². The third kappa shape index (κ3) is 6.53. The van der Waals surface area contributed by atoms with E-state index in [1.807, 2.05) is 25.8 Å². The fourth-order valence-corrected chi connectivity index (χ4v) is 2.29. The lowest BCUT2D eigenvalue weighted by Gasteiger charge is -2.21. The lowest BCUT2D eigenvalue weighted by Crippen LogP contribution is -2.31. The molecular weight excluding hydrogens is 353 g/mol. The average Bonchev–Trinajstić information content (AvgIpc) is 2.54. The van der Waals surface area contributed by atoms with Gasteiger partial charge in [0.15, 0.2) is 5.11 Å². The number of carbonyl (C=O) groups is 1. The summed E-state index contributed by atoms with van der Waals surface area (Å²) in [7, 11) is 1.87. The first-order valence-corrected chi connectivity index (χ1v) is 8.33. The number of alkyl halides is 3. The molecule has 0 saturated heterocycles. The molecule has 0 radical (unpaired) electrons. The molecule has 1 aromatic rings. The second-order valence-electron chi connectivity index (χ2n) is 5.71. The van der Waals surface area contributed by atoms with Gasteiger partial charge in [-0.15, -0.1) is 0 Å². The molecular formula is C17H23F3N2O2S. The Kier molecular flexibility index (Phi) is 7.66. The third-order valence-corrected chi connectivity index (χ3v) is 4.32. The first-order chi connectivity index (χ1) is 11.6. The maximum absolute atomic E-state index is 12.1. The van der Waals surface area contributed by atoms with Gasteiger partial charge in [0.25, 0.3) is 0 Å². The summed E-state index contributed by atoms with van der Waals surface area (Å²) in [6.45, 7) is 6.07. The van der Waals surface area contributed by atoms with E-state index in [1.165, 1.54) is 0 Å². The zero-order valence-corrected chi connectivity index (χ0v) is 15.6. The van der Waals surface area contributed by atoms with Crippen LogP contribution < -0.4 is 5.32 Å². The van der Waals surface area contributed by atoms with Gasteiger partial charge in [-0.3, -0.25) is 0 Å². The highest BCUT2D eigenvalue weighted by Crippen LogP contribution is 2.24. The van der Waals surface area contributed by atoms with Crippen molar-refractivity contribution in [3.05, 3.63) is 28.8 Å². The van der Waals surface area contributed by atoms with Crippen LogP contribution in [-0.4, -0.2) is 42.4 Å². The molecule has 140 valence electrons. The van der Waals surface area contributed by atoms with Gasteiger partial charge in [0.1, 0.15) is 0 Å². The highest BCUT2D eigenvalue weighted by atomic mass is 32.1. The van der Waals surface area contributed by atoms with Gasteiger partial charge < -0.3 is 15.0 Å². The molecule has 1 N–H and O–H groups in total. The van der Waals surface area contributed by atoms with Crippen LogP contribution in [0.4, 0.5) is 18.9 Å². The van der Waals surface area contributed by atoms with E-state index < -0.39 is 18.6 Å². The van der Waals surface area contributed by atoms with Crippen LogP contribution >= 0.6 is 12.2 Å². The first kappa shape index (κ1) is 21.2. The minimum Gasteiger partial charge on any atom is -0.462 e. The van der Waals surface area contributed by atoms with Crippen LogP contribution in [0.2, 0.25) is 0 Å². The number of hydrogen-bond acceptors (Lipinski definition) is 3. The highest BCUT2D eigenvalue weighted by Gasteiger charge is 2.26. The maximum atomic E-state index is 12.1. The molecule has 1 aromatic carbocycles. The van der Waals surface area contributed by atoms with Crippen molar-refractivity contribution in [3.8, 4) is 0 Å². The lowest BCUT2D eigenvalue weighted by molar-refractivity contribution is -0.137. The molecule has 4 nitrogen and oxygen atoms in total. The minimum absolute atomic E-state index is 0.246. The summed E-state index contributed by atoms with van der Waals surface area (Å²) >= 11 is 5.28. The molecule has 25 heavy (non-hydrogen) atoms. The van der Waals surface area contributed by atoms with Gasteiger partial charge in [0.2, 0.25) is 0 Å². The Balaban J connectivity index is 2.75. The van der Waals surface area contributed by atoms with E-state index in [9.17, 15) is 18.0 Å². The topological polar surface area (TPSA) is 41.6 Å². The molecule has 1 rings (SSSR count). The molecule has 0 atom stereocenters. The molecule has 8 heteroatoms. The van der Waals surface area contributed by atoms with Gasteiger partial charge in [0, 0.05) is 25.7 Å². The van der Waals surface area contributed by atoms with Gasteiger partial charge in [0.05, 0.1) is 12.2 Å². The fraction of sp³-hybridized carbons (Fsp3) is 0.529. The summed E-state index contributed by atoms with van der Waals surface area (Å²) in [5.41, 5.74) is 2.64. The number of anilines is 1. The van der Waals surface area contributed by atoms with Crippen LogP contribution in [0.25, 0.3) is 0 Å². The highest BCUT2D eigenvalue weighted by molar-refractivity contribution is 7.80. The van der Waals surface area contributed by atoms with E-state index in [4.69, 9.17) is 17.0 Å². The SMILES string of the molecule is CCN(C)C(=S)Nc1ccc(C(=O)OCCCC(F)(F)F)c(C)c1C. The Hall–Kier alpha value is -1.83. The molecule has 0 saturated carbocycles. The number of rotatable bonds is 6. The van der Waals surface area contributed by atoms with Crippen molar-refractivity contribution < 1.29 is 22.7 Å². The summed E-state index contributed by atoms with van der Waals surface area (Å²) in [6.07, 6.45) is -5.45. The Morgan fingerprint density at radius 3 is 2.48 bits per heavy atom. The number of hydrogen-bond donors (Lipinski definition) is 1. The average molecular weight is 376 g/mol. The zero-order chi connectivity index (χ0) is 19.2. The van der Waals surface area contributed by atoms with Crippen molar-refractivity contribution in [2.75, 3.05) is 25.5 Å². The van der Waals surface area contributed by atoms with E-state index in [0.29, 0.717) is 16.2 Å². The molecule has 0 aliphatic heterocycles. The Bertz CT molecular complexity index is 633. The normalized spacial score (nSPS) is 11.2. The van der Waals surface area contributed by atoms with Crippen LogP contribution in [0.5, 0.6) is 0 Å². The molecule has 0 unspecified atom stereocenters. The number of thiocarbonyl (C=S) groups is 1. The van der Waals surface area contributed by atoms with Gasteiger partial charge in [-0.2, -0.15) is 13.2 Å². The van der Waals surface area contributed by atoms with Crippen LogP contribution in [-0.2, 0) is 4.74 Å². The van der Waals surface area contributed by atoms with E-state index >= 15 is 0 Å². The van der Waals surface area contributed by atoms with Crippen molar-refractivity contribution in [2.45, 2.75) is 39.8 Å². The van der Waals surface area contributed by atoms with Gasteiger partial charge in [-0.25, -0.2) is 4.79 Å². The summed E-state index contributed by atoms with van der Waals surface area (Å²) in [6, 6.07) is 3.30. The third-order valence-electron chi connectivity index (χ3n) is 3.91. The van der Waals surface area contributed by atoms with E-state index in [2.05, 4.69) is 5.32 Å². The number of ether oxygens (including phenoxy) is 1. The second kappa shape index (κ2) is 9.03. The molecule has 0 amide bonds. The lowest BCUT2D eigenvalue weighted by atomic mass is 10.0. The number of benzene rings is 1. The van der Waals surface area contributed by atoms with Crippen LogP contribution in [0.15, 0.2) is 12.1 Å². The van der Waals surface area contributed by atoms with Crippen molar-refractivity contribution in [1.82, 2.24) is 4.90 Å². The summed E-state index contributed by atoms with van der Waals surface area (Å²) in [5, 5.41) is 3.68. The Labute approximate surface area is 151 Å². The largest absolute Gasteiger partial charge is 0.462 e. The summed E-state index contributed by atoms with van der Waals surface area (Å²) < 4.78 is 41.2. The van der Waals surface area contributed by atoms with Gasteiger partial charge >= 0.3 is 12.1 Å². The van der Waals surface area contributed by atoms with E-state index in [0.717, 1.165) is 17.8 Å². The van der Waals surface area contributed by atoms with Crippen LogP contribution in [0, 0.1) is 13.8 Å². The Morgan fingerprint density at radius 1 is 1.28 bits per heavy atom. The first-order valence-electron chi connectivity index (χ1n) is 7.93. The fourth-order valence-electron chi connectivity index (χ4n) is 2.05. The zero-order valence-electron chi connectivity index (χ0n) is 14.8. The second-order valence-corrected chi connectivity index (χ2v) is 6.10. The number of esters is 1. The molecule has 0 aromatic heterocycles. The smallest absolute Gasteiger partial charge is 0.389 e. The van der Waals surface area contributed by atoms with Crippen molar-refractivity contribution >= 4 is 29.0 Å². The predicted molar refractivity (Wildman–Crippen MR) is 96.0 cm³/mol. The number of nitrogens with one attached hydrogen (secondary N) is 1. The number of nitrogens with zero attached hydrogens (tertiary/aromatic N) is 1. The molecule has 0 heterocycles. The number of carbonyl (C=O) groups excluding carboxylic acids is 1. The quantitative estimate of drug-likeness (QED) is 0.451. The van der Waals surface area contributed by atoms with E-state index in [-0.39, 0.29) is 13.0 Å². The predicted octanol–water partition coefficient (Wildman–Crippen LogP) is 4.45. The number of halogens is 3. The Morgan fingerprint density at radius 2 is 1.92 bits per heavy atom. The molecule has 0 spiro atoms. The van der Waals surface area contributed by atoms with Crippen molar-refractivity contribution in [3.63, 3.8) is 0 Å². The monoisotopic (exact) mass is 376 g/mol. The van der Waals surface area contributed by atoms with Gasteiger partial charge in [-0.1, -0.05) is 0 Å². The minimum atomic E-state index is -4.24. The van der Waals surface area contributed by atoms with E-state index in [1.54, 1.807) is 19.1 Å². The summed E-state index contributed by atoms with van der Waals surface area (Å²) in [5.74, 6) is -0.623. The molecule has 0 bridgehead atoms. The van der Waals surface area contributed by atoms with Gasteiger partial charge in [-0.05, 0) is 62.7 Å². The standard InChI is InChI=1S/C17H23F3N2O2S/c1-5-22(4)16(25)21-14-8-7-13(11(2)12(14)3)15(23)24-10-6-9-17(18,19)20/h7-8H,5-6,9-10H2,1-4H3,(H,21,25). The maximum Gasteiger partial charge on any atom is 0.389 e.